The highest BCUT2D eigenvalue weighted by atomic mass is 16.5. The first-order valence-electron chi connectivity index (χ1n) is 32.5. The number of anilines is 1. The Labute approximate surface area is 520 Å². The molecule has 13 nitrogen and oxygen atoms in total. The van der Waals surface area contributed by atoms with Crippen molar-refractivity contribution in [2.45, 2.75) is 151 Å². The van der Waals surface area contributed by atoms with E-state index in [1.165, 1.54) is 0 Å². The molecule has 0 amide bonds. The van der Waals surface area contributed by atoms with Crippen molar-refractivity contribution in [1.29, 1.82) is 0 Å². The Morgan fingerprint density at radius 2 is 1.54 bits per heavy atom. The van der Waals surface area contributed by atoms with Gasteiger partial charge in [0.15, 0.2) is 17.3 Å². The van der Waals surface area contributed by atoms with Gasteiger partial charge >= 0.3 is 0 Å². The summed E-state index contributed by atoms with van der Waals surface area (Å²) in [6.07, 6.45) is 14.8. The second kappa shape index (κ2) is 24.8. The van der Waals surface area contributed by atoms with Crippen LogP contribution in [0, 0.1) is 35.5 Å². The van der Waals surface area contributed by atoms with Gasteiger partial charge in [0.05, 0.1) is 29.6 Å². The Balaban J connectivity index is 1.02. The number of aromatic nitrogens is 2. The van der Waals surface area contributed by atoms with E-state index in [0.29, 0.717) is 60.3 Å². The van der Waals surface area contributed by atoms with Crippen LogP contribution in [0.4, 0.5) is 5.82 Å². The largest absolute Gasteiger partial charge is 0.507 e. The molecule has 4 aliphatic heterocycles. The summed E-state index contributed by atoms with van der Waals surface area (Å²) in [5.41, 5.74) is 10.3. The van der Waals surface area contributed by atoms with Crippen LogP contribution in [-0.4, -0.2) is 95.2 Å². The molecule has 2 fully saturated rings. The minimum absolute atomic E-state index is 0.0652. The molecule has 0 radical (unpaired) electrons. The van der Waals surface area contributed by atoms with Crippen molar-refractivity contribution in [3.8, 4) is 40.2 Å². The molecule has 4 aliphatic carbocycles. The average Bonchev–Trinajstić information content (AvgIpc) is 1.79. The number of aliphatic hydroxyl groups is 4. The molecule has 1 saturated carbocycles. The molecule has 6 heterocycles. The molecular formula is C76H80N4O9. The molecular weight excluding hydrogens is 1110 g/mol. The fraction of sp³-hybridized carbons (Fsp3) is 0.395. The van der Waals surface area contributed by atoms with E-state index in [9.17, 15) is 30.6 Å². The summed E-state index contributed by atoms with van der Waals surface area (Å²) in [4.78, 5) is 39.0. The van der Waals surface area contributed by atoms with Crippen LogP contribution in [0.15, 0.2) is 133 Å². The van der Waals surface area contributed by atoms with Crippen LogP contribution in [0.25, 0.3) is 23.3 Å². The van der Waals surface area contributed by atoms with Crippen molar-refractivity contribution in [3.05, 3.63) is 200 Å². The van der Waals surface area contributed by atoms with E-state index in [-0.39, 0.29) is 78.8 Å². The average molecular weight is 1190 g/mol. The number of ketones is 2. The van der Waals surface area contributed by atoms with Crippen molar-refractivity contribution in [1.82, 2.24) is 15.3 Å². The summed E-state index contributed by atoms with van der Waals surface area (Å²) in [7, 11) is 0. The zero-order valence-electron chi connectivity index (χ0n) is 50.3. The highest BCUT2D eigenvalue weighted by molar-refractivity contribution is 6.05. The summed E-state index contributed by atoms with van der Waals surface area (Å²) in [6, 6.07) is 34.9. The monoisotopic (exact) mass is 1190 g/mol. The van der Waals surface area contributed by atoms with Gasteiger partial charge in [0.2, 0.25) is 0 Å². The van der Waals surface area contributed by atoms with E-state index in [4.69, 9.17) is 4.74 Å². The van der Waals surface area contributed by atoms with Gasteiger partial charge in [-0.15, -0.1) is 0 Å². The van der Waals surface area contributed by atoms with E-state index in [2.05, 4.69) is 74.9 Å². The number of aromatic amines is 2. The third-order valence-corrected chi connectivity index (χ3v) is 21.0. The lowest BCUT2D eigenvalue weighted by atomic mass is 9.65. The third-order valence-electron chi connectivity index (χ3n) is 21.0. The van der Waals surface area contributed by atoms with Crippen molar-refractivity contribution in [3.63, 3.8) is 0 Å². The van der Waals surface area contributed by atoms with Crippen molar-refractivity contribution in [2.75, 3.05) is 18.5 Å². The molecule has 11 atom stereocenters. The highest BCUT2D eigenvalue weighted by Gasteiger charge is 2.47. The molecule has 15 rings (SSSR count). The molecule has 13 heteroatoms. The number of piperidine rings is 1. The van der Waals surface area contributed by atoms with Gasteiger partial charge in [0, 0.05) is 72.5 Å². The number of aliphatic hydroxyl groups excluding tert-OH is 3. The number of H-pyrrole nitrogens is 2. The number of Topliss-reactive ketones (excluding diaryl/α,β-unsaturated/α-hetero) is 2. The smallest absolute Gasteiger partial charge is 0.163 e. The number of fused-ring (bicyclic) bond motifs is 10. The summed E-state index contributed by atoms with van der Waals surface area (Å²) in [5, 5.41) is 83.0. The van der Waals surface area contributed by atoms with Crippen LogP contribution >= 0.6 is 0 Å². The summed E-state index contributed by atoms with van der Waals surface area (Å²) < 4.78 is 6.70. The number of aromatic hydroxyl groups is 2. The van der Waals surface area contributed by atoms with Crippen LogP contribution in [0.3, 0.4) is 0 Å². The van der Waals surface area contributed by atoms with Crippen molar-refractivity contribution >= 4 is 29.5 Å². The molecule has 11 unspecified atom stereocenters. The second-order valence-corrected chi connectivity index (χ2v) is 26.5. The minimum Gasteiger partial charge on any atom is -0.507 e. The second-order valence-electron chi connectivity index (χ2n) is 26.5. The Bertz CT molecular complexity index is 3930. The zero-order valence-corrected chi connectivity index (χ0v) is 50.3. The molecule has 2 aromatic heterocycles. The Morgan fingerprint density at radius 3 is 2.37 bits per heavy atom. The number of rotatable bonds is 9. The van der Waals surface area contributed by atoms with Gasteiger partial charge in [-0.05, 0) is 206 Å². The number of phenols is 2. The van der Waals surface area contributed by atoms with Gasteiger partial charge in [0.1, 0.15) is 29.5 Å². The lowest BCUT2D eigenvalue weighted by Crippen LogP contribution is -2.48. The van der Waals surface area contributed by atoms with Crippen LogP contribution in [0.1, 0.15) is 155 Å². The van der Waals surface area contributed by atoms with Gasteiger partial charge in [-0.3, -0.25) is 9.59 Å². The maximum absolute atomic E-state index is 16.5. The Hall–Kier alpha value is -7.96. The number of ether oxygens (including phenoxy) is 1. The number of aryl methyl sites for hydroxylation is 3. The predicted octanol–water partition coefficient (Wildman–Crippen LogP) is 11.5. The summed E-state index contributed by atoms with van der Waals surface area (Å²) in [6.45, 7) is 0.229. The SMILES string of the molecule is O=C1CCc2cc(OC3CCCC3)c(O)c(c2)C(O)c2cc3c4cc2-c2ccccc2CC2CCC(NC2)C(C#CC(Nc2[nH]ccc2C3)C2=Cc3[nH]ccc3C(CC3(O)C=Cc5c(O)cccc5CC3)C2C(=O)C1CCO)C(O)C4CCc1ccccc1. The van der Waals surface area contributed by atoms with Gasteiger partial charge in [-0.2, -0.15) is 0 Å². The molecule has 89 heavy (non-hydrogen) atoms. The van der Waals surface area contributed by atoms with Crippen molar-refractivity contribution < 1.29 is 45.0 Å². The van der Waals surface area contributed by atoms with Crippen LogP contribution in [0.5, 0.6) is 17.2 Å². The first-order valence-corrected chi connectivity index (χ1v) is 32.5. The maximum Gasteiger partial charge on any atom is 0.163 e. The maximum atomic E-state index is 16.5. The normalized spacial score (nSPS) is 27.4. The fourth-order valence-corrected chi connectivity index (χ4v) is 16.2. The molecule has 458 valence electrons. The molecule has 5 aromatic carbocycles. The van der Waals surface area contributed by atoms with E-state index in [1.807, 2.05) is 60.9 Å². The van der Waals surface area contributed by atoms with Gasteiger partial charge in [-0.1, -0.05) is 103 Å². The van der Waals surface area contributed by atoms with Crippen LogP contribution in [-0.2, 0) is 41.7 Å². The van der Waals surface area contributed by atoms with Crippen molar-refractivity contribution in [2.24, 2.45) is 23.7 Å². The number of carbonyl (C=O) groups excluding carboxylic acids is 2. The number of carbonyl (C=O) groups is 2. The zero-order chi connectivity index (χ0) is 60.9. The quantitative estimate of drug-likeness (QED) is 0.0484. The van der Waals surface area contributed by atoms with Gasteiger partial charge in [0.25, 0.3) is 0 Å². The molecule has 8 aliphatic rings. The molecule has 0 spiro atoms. The molecule has 10 bridgehead atoms. The number of nitrogens with one attached hydrogen (secondary N) is 4. The highest BCUT2D eigenvalue weighted by Crippen LogP contribution is 2.51. The standard InChI is InChI=1S/C76H80N4O9/c81-34-29-57-68(83)24-19-45-36-62(73(86)69(37-45)89-51-13-5-6-14-51)72(85)60-39-50-38-49-27-32-78-75(49)80-65(61-41-66-54(28-33-77-66)63(70(61)74(57)87)42-76(88)30-25-47-12-8-16-67(82)53(47)26-31-76)23-21-56-64-22-18-46(43-79-64)35-48-11-4-7-15-52(48)59(60)40-58(50)55(71(56)84)20-17-44-9-2-1-3-10-44/h1-4,7-12,15-16,26-28,31-33,36-37,39-41,46,51,55-57,63-65,70-72,77-82,84-86,88H,5-6,13-14,17-20,22,24-25,29-30,34-35,38,42-43H2. The molecule has 10 N–H and O–H groups in total. The number of hydrogen-bond acceptors (Lipinski definition) is 11. The topological polar surface area (TPSA) is 220 Å². The van der Waals surface area contributed by atoms with Gasteiger partial charge in [-0.25, -0.2) is 0 Å². The summed E-state index contributed by atoms with van der Waals surface area (Å²) in [5.74, 6) is 3.57. The minimum atomic E-state index is -1.49. The first kappa shape index (κ1) is 58.7. The number of hydrogen-bond donors (Lipinski definition) is 10. The fourth-order valence-electron chi connectivity index (χ4n) is 16.2. The molecule has 7 aromatic rings. The van der Waals surface area contributed by atoms with E-state index >= 15 is 9.59 Å². The Kier molecular flexibility index (Phi) is 16.3. The lowest BCUT2D eigenvalue weighted by molar-refractivity contribution is -0.135. The Morgan fingerprint density at radius 1 is 0.719 bits per heavy atom. The van der Waals surface area contributed by atoms with Gasteiger partial charge < -0.3 is 56.0 Å². The van der Waals surface area contributed by atoms with Crippen LogP contribution in [0.2, 0.25) is 0 Å². The third kappa shape index (κ3) is 11.6. The summed E-state index contributed by atoms with van der Waals surface area (Å²) >= 11 is 0. The predicted molar refractivity (Wildman–Crippen MR) is 344 cm³/mol. The van der Waals surface area contributed by atoms with Crippen LogP contribution < -0.4 is 15.4 Å². The first-order chi connectivity index (χ1) is 43.4. The lowest BCUT2D eigenvalue weighted by Gasteiger charge is -2.40. The molecule has 1 saturated heterocycles. The van der Waals surface area contributed by atoms with E-state index in [1.54, 1.807) is 36.4 Å². The van der Waals surface area contributed by atoms with E-state index < -0.39 is 65.8 Å². The van der Waals surface area contributed by atoms with E-state index in [0.717, 1.165) is 101 Å². The number of phenolic OH excluding ortho intramolecular Hbond substituents is 2. The number of benzene rings is 5.